The molecule has 0 atom stereocenters. The summed E-state index contributed by atoms with van der Waals surface area (Å²) in [5.74, 6) is 0. The predicted molar refractivity (Wildman–Crippen MR) is 121 cm³/mol. The lowest BCUT2D eigenvalue weighted by Gasteiger charge is -2.15. The Labute approximate surface area is 169 Å². The van der Waals surface area contributed by atoms with Gasteiger partial charge in [0.05, 0.1) is 5.69 Å². The standard InChI is InChI=1S/C23H31N3OSi/c1-18-8-6-7-9-22(18)24-21-12-10-20(11-13-21)23-16-19(2)26(25-23)17-27-14-15-28(3,4)5/h6-13,16,24H,14-15,17H2,1-5H3. The van der Waals surface area contributed by atoms with Crippen molar-refractivity contribution in [2.24, 2.45) is 0 Å². The molecule has 0 radical (unpaired) electrons. The molecule has 1 N–H and O–H groups in total. The maximum absolute atomic E-state index is 5.85. The van der Waals surface area contributed by atoms with Crippen molar-refractivity contribution in [3.63, 3.8) is 0 Å². The zero-order valence-corrected chi connectivity index (χ0v) is 18.6. The average Bonchev–Trinajstić information content (AvgIpc) is 3.01. The van der Waals surface area contributed by atoms with E-state index in [1.807, 2.05) is 10.7 Å². The first kappa shape index (κ1) is 20.4. The van der Waals surface area contributed by atoms with Crippen LogP contribution < -0.4 is 5.32 Å². The van der Waals surface area contributed by atoms with E-state index in [4.69, 9.17) is 9.84 Å². The van der Waals surface area contributed by atoms with E-state index in [0.29, 0.717) is 6.73 Å². The molecule has 0 spiro atoms. The van der Waals surface area contributed by atoms with Crippen molar-refractivity contribution >= 4 is 19.4 Å². The normalized spacial score (nSPS) is 11.6. The minimum absolute atomic E-state index is 0.517. The summed E-state index contributed by atoms with van der Waals surface area (Å²) in [4.78, 5) is 0. The molecule has 1 aromatic heterocycles. The summed E-state index contributed by atoms with van der Waals surface area (Å²) in [7, 11) is -1.05. The van der Waals surface area contributed by atoms with Gasteiger partial charge >= 0.3 is 0 Å². The Morgan fingerprint density at radius 3 is 2.39 bits per heavy atom. The SMILES string of the molecule is Cc1ccccc1Nc1ccc(-c2cc(C)n(COCC[Si](C)(C)C)n2)cc1. The van der Waals surface area contributed by atoms with Gasteiger partial charge in [0.2, 0.25) is 0 Å². The largest absolute Gasteiger partial charge is 0.360 e. The Hall–Kier alpha value is -2.37. The van der Waals surface area contributed by atoms with Crippen molar-refractivity contribution in [3.05, 3.63) is 65.9 Å². The molecular formula is C23H31N3OSi. The van der Waals surface area contributed by atoms with Gasteiger partial charge in [-0.3, -0.25) is 0 Å². The van der Waals surface area contributed by atoms with Gasteiger partial charge in [-0.05, 0) is 49.7 Å². The number of hydrogen-bond acceptors (Lipinski definition) is 3. The highest BCUT2D eigenvalue weighted by Crippen LogP contribution is 2.24. The maximum atomic E-state index is 5.85. The minimum Gasteiger partial charge on any atom is -0.360 e. The number of aromatic nitrogens is 2. The Bertz CT molecular complexity index is 910. The van der Waals surface area contributed by atoms with E-state index in [1.54, 1.807) is 0 Å². The summed E-state index contributed by atoms with van der Waals surface area (Å²) in [5, 5.41) is 8.20. The minimum atomic E-state index is -1.05. The van der Waals surface area contributed by atoms with Crippen LogP contribution in [0.3, 0.4) is 0 Å². The van der Waals surface area contributed by atoms with Gasteiger partial charge in [0.25, 0.3) is 0 Å². The van der Waals surface area contributed by atoms with Crippen LogP contribution in [0.2, 0.25) is 25.7 Å². The van der Waals surface area contributed by atoms with Crippen molar-refractivity contribution in [1.29, 1.82) is 0 Å². The second-order valence-electron chi connectivity index (χ2n) is 8.54. The molecule has 4 nitrogen and oxygen atoms in total. The van der Waals surface area contributed by atoms with Gasteiger partial charge in [0.1, 0.15) is 6.73 Å². The van der Waals surface area contributed by atoms with Gasteiger partial charge in [0, 0.05) is 37.3 Å². The highest BCUT2D eigenvalue weighted by atomic mass is 28.3. The van der Waals surface area contributed by atoms with Gasteiger partial charge in [-0.15, -0.1) is 0 Å². The fourth-order valence-corrected chi connectivity index (χ4v) is 3.66. The van der Waals surface area contributed by atoms with E-state index in [9.17, 15) is 0 Å². The lowest BCUT2D eigenvalue weighted by molar-refractivity contribution is 0.0773. The molecule has 5 heteroatoms. The topological polar surface area (TPSA) is 39.1 Å². The molecule has 0 bridgehead atoms. The number of nitrogens with zero attached hydrogens (tertiary/aromatic N) is 2. The zero-order valence-electron chi connectivity index (χ0n) is 17.6. The zero-order chi connectivity index (χ0) is 20.1. The van der Waals surface area contributed by atoms with Crippen molar-refractivity contribution < 1.29 is 4.74 Å². The molecule has 0 aliphatic heterocycles. The van der Waals surface area contributed by atoms with Crippen LogP contribution >= 0.6 is 0 Å². The summed E-state index contributed by atoms with van der Waals surface area (Å²) in [6.45, 7) is 12.6. The van der Waals surface area contributed by atoms with E-state index in [2.05, 4.69) is 87.3 Å². The lowest BCUT2D eigenvalue weighted by Crippen LogP contribution is -2.22. The molecule has 148 valence electrons. The first-order valence-corrected chi connectivity index (χ1v) is 13.6. The number of aryl methyl sites for hydroxylation is 2. The molecule has 1 heterocycles. The fraction of sp³-hybridized carbons (Fsp3) is 0.348. The van der Waals surface area contributed by atoms with Crippen LogP contribution in [0.1, 0.15) is 11.3 Å². The molecule has 0 aliphatic rings. The van der Waals surface area contributed by atoms with Gasteiger partial charge in [-0.25, -0.2) is 4.68 Å². The lowest BCUT2D eigenvalue weighted by atomic mass is 10.1. The number of rotatable bonds is 8. The molecule has 0 fully saturated rings. The number of nitrogens with one attached hydrogen (secondary N) is 1. The predicted octanol–water partition coefficient (Wildman–Crippen LogP) is 6.22. The highest BCUT2D eigenvalue weighted by Gasteiger charge is 2.12. The van der Waals surface area contributed by atoms with Crippen molar-refractivity contribution in [2.75, 3.05) is 11.9 Å². The molecule has 28 heavy (non-hydrogen) atoms. The van der Waals surface area contributed by atoms with E-state index in [-0.39, 0.29) is 0 Å². The Balaban J connectivity index is 1.63. The van der Waals surface area contributed by atoms with Crippen LogP contribution in [0.25, 0.3) is 11.3 Å². The van der Waals surface area contributed by atoms with E-state index >= 15 is 0 Å². The van der Waals surface area contributed by atoms with Crippen molar-refractivity contribution in [3.8, 4) is 11.3 Å². The van der Waals surface area contributed by atoms with Crippen LogP contribution in [0.5, 0.6) is 0 Å². The summed E-state index contributed by atoms with van der Waals surface area (Å²) in [6.07, 6.45) is 0. The molecule has 0 saturated heterocycles. The summed E-state index contributed by atoms with van der Waals surface area (Å²) < 4.78 is 7.79. The molecular weight excluding hydrogens is 362 g/mol. The third-order valence-electron chi connectivity index (χ3n) is 4.80. The highest BCUT2D eigenvalue weighted by molar-refractivity contribution is 6.76. The Morgan fingerprint density at radius 1 is 1.00 bits per heavy atom. The average molecular weight is 394 g/mol. The van der Waals surface area contributed by atoms with E-state index in [0.717, 1.165) is 34.9 Å². The van der Waals surface area contributed by atoms with Crippen molar-refractivity contribution in [2.45, 2.75) is 46.3 Å². The molecule has 0 saturated carbocycles. The smallest absolute Gasteiger partial charge is 0.139 e. The summed E-state index contributed by atoms with van der Waals surface area (Å²) in [6, 6.07) is 20.0. The number of hydrogen-bond donors (Lipinski definition) is 1. The third kappa shape index (κ3) is 5.56. The van der Waals surface area contributed by atoms with Crippen LogP contribution in [0.4, 0.5) is 11.4 Å². The molecule has 0 aliphatic carbocycles. The summed E-state index contributed by atoms with van der Waals surface area (Å²) in [5.41, 5.74) is 6.64. The fourth-order valence-electron chi connectivity index (χ4n) is 2.90. The maximum Gasteiger partial charge on any atom is 0.139 e. The quantitative estimate of drug-likeness (QED) is 0.364. The van der Waals surface area contributed by atoms with Gasteiger partial charge in [0.15, 0.2) is 0 Å². The molecule has 2 aromatic carbocycles. The number of benzene rings is 2. The molecule has 3 aromatic rings. The molecule has 0 amide bonds. The van der Waals surface area contributed by atoms with Crippen LogP contribution in [0.15, 0.2) is 54.6 Å². The van der Waals surface area contributed by atoms with Gasteiger partial charge < -0.3 is 10.1 Å². The number of ether oxygens (including phenoxy) is 1. The second-order valence-corrected chi connectivity index (χ2v) is 14.2. The second kappa shape index (κ2) is 8.75. The van der Waals surface area contributed by atoms with Crippen LogP contribution in [-0.2, 0) is 11.5 Å². The number of para-hydroxylation sites is 1. The van der Waals surface area contributed by atoms with E-state index < -0.39 is 8.07 Å². The molecule has 3 rings (SSSR count). The first-order valence-electron chi connectivity index (χ1n) is 9.87. The Kier molecular flexibility index (Phi) is 6.37. The van der Waals surface area contributed by atoms with Gasteiger partial charge in [-0.1, -0.05) is 50.0 Å². The summed E-state index contributed by atoms with van der Waals surface area (Å²) >= 11 is 0. The van der Waals surface area contributed by atoms with Crippen LogP contribution in [-0.4, -0.2) is 24.5 Å². The van der Waals surface area contributed by atoms with Crippen LogP contribution in [0, 0.1) is 13.8 Å². The number of anilines is 2. The monoisotopic (exact) mass is 393 g/mol. The third-order valence-corrected chi connectivity index (χ3v) is 6.50. The first-order chi connectivity index (χ1) is 13.3. The van der Waals surface area contributed by atoms with Crippen molar-refractivity contribution in [1.82, 2.24) is 9.78 Å². The van der Waals surface area contributed by atoms with E-state index in [1.165, 1.54) is 11.6 Å². The molecule has 0 unspecified atom stereocenters. The Morgan fingerprint density at radius 2 is 1.71 bits per heavy atom. The van der Waals surface area contributed by atoms with Gasteiger partial charge in [-0.2, -0.15) is 5.10 Å².